The van der Waals surface area contributed by atoms with Gasteiger partial charge in [-0.15, -0.1) is 0 Å². The Bertz CT molecular complexity index is 714. The Labute approximate surface area is 131 Å². The lowest BCUT2D eigenvalue weighted by atomic mass is 10.1. The van der Waals surface area contributed by atoms with Crippen molar-refractivity contribution in [1.82, 2.24) is 9.69 Å². The minimum absolute atomic E-state index is 0.00268. The SMILES string of the molecule is CNc1snc(C)c1C(=O)N[C@@H](C)c1cccc([N+](=O)[O-])c1. The first-order chi connectivity index (χ1) is 10.4. The van der Waals surface area contributed by atoms with Crippen LogP contribution in [0.4, 0.5) is 10.7 Å². The van der Waals surface area contributed by atoms with Gasteiger partial charge < -0.3 is 10.6 Å². The number of aryl methyl sites for hydroxylation is 1. The van der Waals surface area contributed by atoms with Gasteiger partial charge in [0, 0.05) is 19.2 Å². The van der Waals surface area contributed by atoms with Crippen molar-refractivity contribution in [2.24, 2.45) is 0 Å². The number of hydrogen-bond acceptors (Lipinski definition) is 6. The molecular formula is C14H16N4O3S. The summed E-state index contributed by atoms with van der Waals surface area (Å²) in [5.74, 6) is -0.255. The van der Waals surface area contributed by atoms with Crippen LogP contribution in [0.25, 0.3) is 0 Å². The average Bonchev–Trinajstić information content (AvgIpc) is 2.88. The highest BCUT2D eigenvalue weighted by Crippen LogP contribution is 2.25. The van der Waals surface area contributed by atoms with E-state index in [1.807, 2.05) is 0 Å². The number of anilines is 1. The van der Waals surface area contributed by atoms with Gasteiger partial charge in [0.1, 0.15) is 5.00 Å². The lowest BCUT2D eigenvalue weighted by Gasteiger charge is -2.14. The molecule has 2 N–H and O–H groups in total. The third kappa shape index (κ3) is 3.22. The molecule has 116 valence electrons. The molecule has 0 aliphatic rings. The third-order valence-corrected chi connectivity index (χ3v) is 4.20. The van der Waals surface area contributed by atoms with Gasteiger partial charge in [0.15, 0.2) is 0 Å². The molecule has 0 aliphatic carbocycles. The summed E-state index contributed by atoms with van der Waals surface area (Å²) in [6, 6.07) is 5.88. The first-order valence-corrected chi connectivity index (χ1v) is 7.40. The van der Waals surface area contributed by atoms with Crippen LogP contribution in [0.3, 0.4) is 0 Å². The van der Waals surface area contributed by atoms with Crippen LogP contribution in [0, 0.1) is 17.0 Å². The number of nitrogens with one attached hydrogen (secondary N) is 2. The van der Waals surface area contributed by atoms with Crippen molar-refractivity contribution in [3.05, 3.63) is 51.2 Å². The zero-order valence-electron chi connectivity index (χ0n) is 12.4. The minimum atomic E-state index is -0.454. The van der Waals surface area contributed by atoms with Gasteiger partial charge in [0.2, 0.25) is 0 Å². The zero-order valence-corrected chi connectivity index (χ0v) is 13.2. The maximum atomic E-state index is 12.4. The number of aromatic nitrogens is 1. The number of amides is 1. The minimum Gasteiger partial charge on any atom is -0.378 e. The molecule has 0 saturated carbocycles. The van der Waals surface area contributed by atoms with Crippen LogP contribution in [0.15, 0.2) is 24.3 Å². The Hall–Kier alpha value is -2.48. The van der Waals surface area contributed by atoms with E-state index in [9.17, 15) is 14.9 Å². The van der Waals surface area contributed by atoms with Gasteiger partial charge in [-0.05, 0) is 30.9 Å². The highest BCUT2D eigenvalue weighted by atomic mass is 32.1. The number of nitro groups is 1. The molecule has 2 rings (SSSR count). The highest BCUT2D eigenvalue weighted by Gasteiger charge is 2.20. The molecule has 0 aliphatic heterocycles. The molecule has 0 unspecified atom stereocenters. The maximum Gasteiger partial charge on any atom is 0.269 e. The van der Waals surface area contributed by atoms with Crippen LogP contribution >= 0.6 is 11.5 Å². The van der Waals surface area contributed by atoms with Gasteiger partial charge in [-0.3, -0.25) is 14.9 Å². The lowest BCUT2D eigenvalue weighted by molar-refractivity contribution is -0.384. The van der Waals surface area contributed by atoms with Crippen molar-refractivity contribution in [3.63, 3.8) is 0 Å². The van der Waals surface area contributed by atoms with Crippen molar-refractivity contribution >= 4 is 28.1 Å². The van der Waals surface area contributed by atoms with E-state index >= 15 is 0 Å². The summed E-state index contributed by atoms with van der Waals surface area (Å²) in [5, 5.41) is 17.3. The fourth-order valence-corrected chi connectivity index (χ4v) is 2.81. The molecule has 22 heavy (non-hydrogen) atoms. The number of hydrogen-bond donors (Lipinski definition) is 2. The summed E-state index contributed by atoms with van der Waals surface area (Å²) in [4.78, 5) is 22.8. The van der Waals surface area contributed by atoms with Crippen LogP contribution in [0.2, 0.25) is 0 Å². The molecule has 1 heterocycles. The third-order valence-electron chi connectivity index (χ3n) is 3.25. The molecule has 1 amide bonds. The van der Waals surface area contributed by atoms with E-state index in [1.54, 1.807) is 33.0 Å². The number of carbonyl (C=O) groups excluding carboxylic acids is 1. The maximum absolute atomic E-state index is 12.4. The topological polar surface area (TPSA) is 97.2 Å². The molecule has 1 atom stereocenters. The largest absolute Gasteiger partial charge is 0.378 e. The van der Waals surface area contributed by atoms with Crippen LogP contribution in [-0.2, 0) is 0 Å². The van der Waals surface area contributed by atoms with E-state index in [-0.39, 0.29) is 17.6 Å². The number of nitrogens with zero attached hydrogens (tertiary/aromatic N) is 2. The quantitative estimate of drug-likeness (QED) is 0.652. The van der Waals surface area contributed by atoms with Crippen molar-refractivity contribution in [2.75, 3.05) is 12.4 Å². The van der Waals surface area contributed by atoms with Gasteiger partial charge >= 0.3 is 0 Å². The van der Waals surface area contributed by atoms with Gasteiger partial charge in [-0.2, -0.15) is 4.37 Å². The smallest absolute Gasteiger partial charge is 0.269 e. The monoisotopic (exact) mass is 320 g/mol. The molecule has 0 fully saturated rings. The van der Waals surface area contributed by atoms with Gasteiger partial charge in [0.05, 0.1) is 22.2 Å². The molecule has 0 saturated heterocycles. The predicted molar refractivity (Wildman–Crippen MR) is 85.4 cm³/mol. The summed E-state index contributed by atoms with van der Waals surface area (Å²) in [7, 11) is 1.73. The van der Waals surface area contributed by atoms with E-state index in [2.05, 4.69) is 15.0 Å². The number of carbonyl (C=O) groups is 1. The molecular weight excluding hydrogens is 304 g/mol. The fourth-order valence-electron chi connectivity index (χ4n) is 2.07. The predicted octanol–water partition coefficient (Wildman–Crippen LogP) is 2.89. The second-order valence-electron chi connectivity index (χ2n) is 4.77. The molecule has 0 spiro atoms. The van der Waals surface area contributed by atoms with E-state index in [1.165, 1.54) is 23.7 Å². The Balaban J connectivity index is 2.19. The van der Waals surface area contributed by atoms with Crippen LogP contribution in [-0.4, -0.2) is 22.3 Å². The molecule has 1 aromatic carbocycles. The second kappa shape index (κ2) is 6.52. The van der Waals surface area contributed by atoms with Crippen molar-refractivity contribution in [3.8, 4) is 0 Å². The normalized spacial score (nSPS) is 11.8. The number of rotatable bonds is 5. The second-order valence-corrected chi connectivity index (χ2v) is 5.54. The van der Waals surface area contributed by atoms with E-state index in [0.29, 0.717) is 21.8 Å². The Kier molecular flexibility index (Phi) is 4.71. The first-order valence-electron chi connectivity index (χ1n) is 6.63. The summed E-state index contributed by atoms with van der Waals surface area (Å²) in [6.07, 6.45) is 0. The van der Waals surface area contributed by atoms with E-state index in [0.717, 1.165) is 0 Å². The summed E-state index contributed by atoms with van der Waals surface area (Å²) in [6.45, 7) is 3.55. The van der Waals surface area contributed by atoms with Crippen LogP contribution in [0.1, 0.15) is 34.6 Å². The summed E-state index contributed by atoms with van der Waals surface area (Å²) >= 11 is 1.22. The number of non-ortho nitro benzene ring substituents is 1. The van der Waals surface area contributed by atoms with Crippen molar-refractivity contribution < 1.29 is 9.72 Å². The van der Waals surface area contributed by atoms with Gasteiger partial charge in [0.25, 0.3) is 11.6 Å². The standard InChI is InChI=1S/C14H16N4O3S/c1-8(10-5-4-6-11(7-10)18(20)21)16-13(19)12-9(2)17-22-14(12)15-3/h4-8,15H,1-3H3,(H,16,19)/t8-/m0/s1. The molecule has 2 aromatic rings. The molecule has 0 radical (unpaired) electrons. The van der Waals surface area contributed by atoms with Gasteiger partial charge in [-0.1, -0.05) is 12.1 Å². The first kappa shape index (κ1) is 15.9. The van der Waals surface area contributed by atoms with Crippen LogP contribution < -0.4 is 10.6 Å². The molecule has 8 heteroatoms. The Morgan fingerprint density at radius 3 is 2.82 bits per heavy atom. The average molecular weight is 320 g/mol. The Morgan fingerprint density at radius 1 is 1.45 bits per heavy atom. The van der Waals surface area contributed by atoms with E-state index in [4.69, 9.17) is 0 Å². The van der Waals surface area contributed by atoms with Crippen LogP contribution in [0.5, 0.6) is 0 Å². The van der Waals surface area contributed by atoms with Gasteiger partial charge in [-0.25, -0.2) is 0 Å². The van der Waals surface area contributed by atoms with Crippen molar-refractivity contribution in [1.29, 1.82) is 0 Å². The van der Waals surface area contributed by atoms with E-state index < -0.39 is 4.92 Å². The Morgan fingerprint density at radius 2 is 2.18 bits per heavy atom. The molecule has 7 nitrogen and oxygen atoms in total. The zero-order chi connectivity index (χ0) is 16.3. The highest BCUT2D eigenvalue weighted by molar-refractivity contribution is 7.10. The number of nitro benzene ring substituents is 1. The fraction of sp³-hybridized carbons (Fsp3) is 0.286. The summed E-state index contributed by atoms with van der Waals surface area (Å²) in [5.41, 5.74) is 1.83. The van der Waals surface area contributed by atoms with Crippen molar-refractivity contribution in [2.45, 2.75) is 19.9 Å². The molecule has 0 bridgehead atoms. The molecule has 1 aromatic heterocycles. The number of benzene rings is 1. The summed E-state index contributed by atoms with van der Waals surface area (Å²) < 4.78 is 4.15. The lowest BCUT2D eigenvalue weighted by Crippen LogP contribution is -2.27.